The molecule has 6 saturated heterocycles. The van der Waals surface area contributed by atoms with Gasteiger partial charge in [-0.1, -0.05) is 60.1 Å². The zero-order valence-electron chi connectivity index (χ0n) is 54.6. The van der Waals surface area contributed by atoms with E-state index in [9.17, 15) is 86.8 Å². The molecule has 6 aliphatic heterocycles. The molecule has 0 unspecified atom stereocenters. The number of rotatable bonds is 15. The van der Waals surface area contributed by atoms with E-state index in [1.165, 1.54) is 12.5 Å². The Morgan fingerprint density at radius 2 is 1.01 bits per heavy atom. The van der Waals surface area contributed by atoms with E-state index in [2.05, 4.69) is 54.5 Å². The molecule has 0 aromatic heterocycles. The first-order valence-corrected chi connectivity index (χ1v) is 33.5. The molecular formula is C64H104O30. The molecule has 0 amide bonds. The molecule has 0 spiro atoms. The van der Waals surface area contributed by atoms with Crippen LogP contribution in [0.5, 0.6) is 0 Å². The van der Waals surface area contributed by atoms with E-state index in [-0.39, 0.29) is 46.0 Å². The first kappa shape index (κ1) is 73.3. The number of aliphatic hydroxyl groups is 17. The molecule has 540 valence electrons. The molecule has 0 bridgehead atoms. The highest BCUT2D eigenvalue weighted by atomic mass is 16.8. The standard InChI is InChI=1S/C64H104O30/c1-25-36(67)51(93-55-48(79)43(74)38(69)29(21-66)88-55)50(81)57(86-25)91-32-24-83-52(45(76)41(32)72)89-31-23-85-54(46(77)40(31)71)92-35-12-13-61(6)33(60(35,4)5)11-14-63(8)34(61)10-9-26-27-19-59(2,3)15-17-64(27,18-16-62(26,63)7)58(82)94-56-49(80)44(75)39(70)30(90-56)22-84-53-47(78)42(73)37(68)28(20-65)87-53/h9,25,27-57,65-81H,10-24H2,1-8H3/t25-,27+,28-,29-,30-,31-,32-,33+,34-,35+,36-,37-,38-,39-,40+,41+,42+,43+,44+,45-,46-,47-,48-,49-,50+,51+,52+,53-,54+,55+,56+,57+,61+,62-,63-,64+/m1/s1. The van der Waals surface area contributed by atoms with Crippen molar-refractivity contribution in [1.82, 2.24) is 0 Å². The Morgan fingerprint density at radius 3 is 1.62 bits per heavy atom. The highest BCUT2D eigenvalue weighted by molar-refractivity contribution is 5.79. The number of carbonyl (C=O) groups is 1. The predicted molar refractivity (Wildman–Crippen MR) is 315 cm³/mol. The number of hydrogen-bond acceptors (Lipinski definition) is 30. The topological polar surface area (TPSA) is 472 Å². The summed E-state index contributed by atoms with van der Waals surface area (Å²) in [6.07, 6.45) is -36.2. The molecule has 30 heteroatoms. The SMILES string of the molecule is C[C@H]1O[C@@H](O[C@@H]2CO[C@@H](O[C@@H]3CO[C@@H](O[C@H]4CC[C@]5(C)[C@H]6CC=C7[C@@H]8CC(C)(C)CC[C@]8(C(=O)O[C@@H]8O[C@H](CO[C@@H]9O[C@H](CO)[C@@H](O)[C@H](O)[C@H]9O)[C@@H](O)[C@H](O)[C@H]8O)CC[C@@]7(C)[C@]6(C)CC[C@H]5C4(C)C)[C@H](O)[C@H]3O)[C@H](O)[C@H]2O)[C@@H](O)[C@@H](O[C@@H]2O[C@H](CO)[C@@H](O)[C@H](O)[C@H]2O)[C@@H]1O. The Bertz CT molecular complexity index is 2640. The van der Waals surface area contributed by atoms with Gasteiger partial charge in [-0.05, 0) is 116 Å². The Hall–Kier alpha value is -1.91. The van der Waals surface area contributed by atoms with Gasteiger partial charge in [0.05, 0.1) is 50.7 Å². The second kappa shape index (κ2) is 27.5. The fourth-order valence-electron chi connectivity index (χ4n) is 18.7. The lowest BCUT2D eigenvalue weighted by atomic mass is 9.33. The van der Waals surface area contributed by atoms with Crippen LogP contribution in [0.2, 0.25) is 0 Å². The third kappa shape index (κ3) is 12.6. The Labute approximate surface area is 545 Å². The maximum absolute atomic E-state index is 15.1. The van der Waals surface area contributed by atoms with Crippen molar-refractivity contribution in [3.8, 4) is 0 Å². The molecule has 0 radical (unpaired) electrons. The second-order valence-corrected chi connectivity index (χ2v) is 31.0. The van der Waals surface area contributed by atoms with Crippen LogP contribution in [-0.4, -0.2) is 304 Å². The summed E-state index contributed by atoms with van der Waals surface area (Å²) >= 11 is 0. The molecule has 30 nitrogen and oxygen atoms in total. The van der Waals surface area contributed by atoms with E-state index in [0.29, 0.717) is 38.5 Å². The number of allylic oxidation sites excluding steroid dienone is 2. The minimum Gasteiger partial charge on any atom is -0.432 e. The average molecular weight is 1350 g/mol. The number of ether oxygens (including phenoxy) is 12. The largest absolute Gasteiger partial charge is 0.432 e. The number of esters is 1. The van der Waals surface area contributed by atoms with Gasteiger partial charge in [0, 0.05) is 0 Å². The van der Waals surface area contributed by atoms with Gasteiger partial charge < -0.3 is 144 Å². The normalized spacial score (nSPS) is 54.2. The van der Waals surface area contributed by atoms with Crippen molar-refractivity contribution in [2.45, 2.75) is 298 Å². The van der Waals surface area contributed by atoms with Crippen molar-refractivity contribution < 1.29 is 148 Å². The maximum Gasteiger partial charge on any atom is 0.315 e. The third-order valence-corrected chi connectivity index (χ3v) is 24.9. The van der Waals surface area contributed by atoms with Gasteiger partial charge >= 0.3 is 5.97 Å². The third-order valence-electron chi connectivity index (χ3n) is 24.9. The molecule has 0 aromatic rings. The summed E-state index contributed by atoms with van der Waals surface area (Å²) < 4.78 is 70.4. The Kier molecular flexibility index (Phi) is 21.4. The summed E-state index contributed by atoms with van der Waals surface area (Å²) in [6, 6.07) is 0. The van der Waals surface area contributed by atoms with E-state index >= 15 is 4.79 Å². The molecule has 11 rings (SSSR count). The number of carbonyl (C=O) groups excluding carboxylic acids is 1. The van der Waals surface area contributed by atoms with E-state index in [1.54, 1.807) is 0 Å². The maximum atomic E-state index is 15.1. The van der Waals surface area contributed by atoms with Crippen molar-refractivity contribution in [2.24, 2.45) is 50.2 Å². The van der Waals surface area contributed by atoms with Crippen LogP contribution in [0.4, 0.5) is 0 Å². The van der Waals surface area contributed by atoms with Crippen molar-refractivity contribution in [3.63, 3.8) is 0 Å². The van der Waals surface area contributed by atoms with E-state index in [1.807, 2.05) is 0 Å². The molecular weight excluding hydrogens is 1250 g/mol. The zero-order valence-corrected chi connectivity index (χ0v) is 54.6. The summed E-state index contributed by atoms with van der Waals surface area (Å²) in [6.45, 7) is 14.6. The fraction of sp³-hybridized carbons (Fsp3) is 0.953. The van der Waals surface area contributed by atoms with Gasteiger partial charge in [0.2, 0.25) is 6.29 Å². The minimum atomic E-state index is -1.86. The lowest BCUT2D eigenvalue weighted by Gasteiger charge is -2.71. The van der Waals surface area contributed by atoms with E-state index in [0.717, 1.165) is 25.7 Å². The van der Waals surface area contributed by atoms with Crippen LogP contribution < -0.4 is 0 Å². The summed E-state index contributed by atoms with van der Waals surface area (Å²) in [4.78, 5) is 15.1. The first-order valence-electron chi connectivity index (χ1n) is 33.5. The molecule has 36 atom stereocenters. The predicted octanol–water partition coefficient (Wildman–Crippen LogP) is -4.08. The molecule has 6 heterocycles. The molecule has 0 aromatic carbocycles. The van der Waals surface area contributed by atoms with Gasteiger partial charge in [0.1, 0.15) is 128 Å². The highest BCUT2D eigenvalue weighted by Gasteiger charge is 2.70. The van der Waals surface area contributed by atoms with Gasteiger partial charge in [0.25, 0.3) is 0 Å². The number of hydrogen-bond donors (Lipinski definition) is 17. The molecule has 17 N–H and O–H groups in total. The van der Waals surface area contributed by atoms with Crippen LogP contribution in [0.3, 0.4) is 0 Å². The summed E-state index contributed by atoms with van der Waals surface area (Å²) in [7, 11) is 0. The Balaban J connectivity index is 0.706. The van der Waals surface area contributed by atoms with Crippen molar-refractivity contribution in [3.05, 3.63) is 11.6 Å². The molecule has 5 aliphatic carbocycles. The van der Waals surface area contributed by atoms with Gasteiger partial charge in [-0.3, -0.25) is 4.79 Å². The highest BCUT2D eigenvalue weighted by Crippen LogP contribution is 2.76. The van der Waals surface area contributed by atoms with Gasteiger partial charge in [-0.15, -0.1) is 0 Å². The summed E-state index contributed by atoms with van der Waals surface area (Å²) in [5.74, 6) is -0.477. The first-order chi connectivity index (χ1) is 44.1. The van der Waals surface area contributed by atoms with Crippen LogP contribution in [0.15, 0.2) is 11.6 Å². The van der Waals surface area contributed by atoms with Crippen molar-refractivity contribution >= 4 is 5.97 Å². The smallest absolute Gasteiger partial charge is 0.315 e. The van der Waals surface area contributed by atoms with Crippen LogP contribution in [0.1, 0.15) is 120 Å². The van der Waals surface area contributed by atoms with Gasteiger partial charge in [0.15, 0.2) is 31.5 Å². The minimum absolute atomic E-state index is 0.143. The van der Waals surface area contributed by atoms with Gasteiger partial charge in [-0.25, -0.2) is 0 Å². The Morgan fingerprint density at radius 1 is 0.500 bits per heavy atom. The lowest BCUT2D eigenvalue weighted by molar-refractivity contribution is -0.375. The second-order valence-electron chi connectivity index (χ2n) is 31.0. The quantitative estimate of drug-likeness (QED) is 0.0421. The molecule has 11 aliphatic rings. The van der Waals surface area contributed by atoms with Crippen molar-refractivity contribution in [1.29, 1.82) is 0 Å². The summed E-state index contributed by atoms with van der Waals surface area (Å²) in [5, 5.41) is 183. The average Bonchev–Trinajstić information content (AvgIpc) is 0.675. The molecule has 10 fully saturated rings. The fourth-order valence-corrected chi connectivity index (χ4v) is 18.7. The van der Waals surface area contributed by atoms with Crippen LogP contribution in [0, 0.1) is 50.2 Å². The van der Waals surface area contributed by atoms with Crippen molar-refractivity contribution in [2.75, 3.05) is 33.0 Å². The van der Waals surface area contributed by atoms with E-state index in [4.69, 9.17) is 56.8 Å². The van der Waals surface area contributed by atoms with Gasteiger partial charge in [-0.2, -0.15) is 0 Å². The van der Waals surface area contributed by atoms with E-state index < -0.39 is 221 Å². The van der Waals surface area contributed by atoms with Crippen LogP contribution in [-0.2, 0) is 61.6 Å². The lowest BCUT2D eigenvalue weighted by Crippen LogP contribution is -2.66. The number of fused-ring (bicyclic) bond motifs is 7. The molecule has 94 heavy (non-hydrogen) atoms. The van der Waals surface area contributed by atoms with Crippen LogP contribution in [0.25, 0.3) is 0 Å². The summed E-state index contributed by atoms with van der Waals surface area (Å²) in [5.41, 5.74) is -1.18. The van der Waals surface area contributed by atoms with Crippen LogP contribution >= 0.6 is 0 Å². The number of aliphatic hydroxyl groups excluding tert-OH is 17. The zero-order chi connectivity index (χ0) is 68.4. The monoisotopic (exact) mass is 1350 g/mol. The molecule has 4 saturated carbocycles.